The topological polar surface area (TPSA) is 87.7 Å². The average molecular weight is 256 g/mol. The fraction of sp³-hybridized carbons (Fsp3) is 0.833. The van der Waals surface area contributed by atoms with Gasteiger partial charge in [-0.1, -0.05) is 0 Å². The maximum Gasteiger partial charge on any atom is 0.306 e. The molecule has 1 aliphatic heterocycles. The molecule has 2 fully saturated rings. The van der Waals surface area contributed by atoms with Gasteiger partial charge in [0, 0.05) is 19.1 Å². The summed E-state index contributed by atoms with van der Waals surface area (Å²) in [5.41, 5.74) is -0.226. The molecule has 2 rings (SSSR count). The first-order valence-electron chi connectivity index (χ1n) is 6.35. The van der Waals surface area contributed by atoms with Crippen LogP contribution in [-0.2, 0) is 14.3 Å². The van der Waals surface area contributed by atoms with E-state index in [1.165, 1.54) is 0 Å². The normalized spacial score (nSPS) is 29.6. The highest BCUT2D eigenvalue weighted by atomic mass is 16.5. The SMILES string of the molecule is CC1(OCC(=O)N[C@H]2CC[C@@H](C(=O)O)C2)CNC1. The Morgan fingerprint density at radius 3 is 2.67 bits per heavy atom. The van der Waals surface area contributed by atoms with E-state index in [0.29, 0.717) is 12.8 Å². The van der Waals surface area contributed by atoms with Crippen molar-refractivity contribution in [2.45, 2.75) is 37.8 Å². The average Bonchev–Trinajstić information content (AvgIpc) is 2.72. The minimum absolute atomic E-state index is 0.0190. The first-order valence-corrected chi connectivity index (χ1v) is 6.35. The monoisotopic (exact) mass is 256 g/mol. The maximum atomic E-state index is 11.7. The summed E-state index contributed by atoms with van der Waals surface area (Å²) in [6.45, 7) is 3.55. The van der Waals surface area contributed by atoms with Gasteiger partial charge in [-0.2, -0.15) is 0 Å². The standard InChI is InChI=1S/C12H20N2O4/c1-12(6-13-7-12)18-5-10(15)14-9-3-2-8(4-9)11(16)17/h8-9,13H,2-7H2,1H3,(H,14,15)(H,16,17)/t8-,9+/m1/s1. The zero-order valence-corrected chi connectivity index (χ0v) is 10.6. The fourth-order valence-corrected chi connectivity index (χ4v) is 2.43. The summed E-state index contributed by atoms with van der Waals surface area (Å²) in [5, 5.41) is 14.8. The van der Waals surface area contributed by atoms with E-state index in [1.807, 2.05) is 6.92 Å². The molecule has 18 heavy (non-hydrogen) atoms. The number of ether oxygens (including phenoxy) is 1. The number of amides is 1. The number of carbonyl (C=O) groups excluding carboxylic acids is 1. The van der Waals surface area contributed by atoms with Gasteiger partial charge in [0.05, 0.1) is 11.5 Å². The number of aliphatic carboxylic acids is 1. The van der Waals surface area contributed by atoms with Gasteiger partial charge in [0.2, 0.25) is 5.91 Å². The van der Waals surface area contributed by atoms with E-state index in [1.54, 1.807) is 0 Å². The van der Waals surface area contributed by atoms with Crippen LogP contribution in [0.2, 0.25) is 0 Å². The summed E-state index contributed by atoms with van der Waals surface area (Å²) in [6.07, 6.45) is 1.91. The largest absolute Gasteiger partial charge is 0.481 e. The highest BCUT2D eigenvalue weighted by Gasteiger charge is 2.34. The summed E-state index contributed by atoms with van der Waals surface area (Å²) >= 11 is 0. The second kappa shape index (κ2) is 5.24. The molecule has 0 aromatic heterocycles. The summed E-state index contributed by atoms with van der Waals surface area (Å²) in [7, 11) is 0. The molecule has 2 atom stereocenters. The lowest BCUT2D eigenvalue weighted by molar-refractivity contribution is -0.142. The van der Waals surface area contributed by atoms with E-state index < -0.39 is 5.97 Å². The van der Waals surface area contributed by atoms with Gasteiger partial charge in [-0.25, -0.2) is 0 Å². The van der Waals surface area contributed by atoms with Gasteiger partial charge in [-0.05, 0) is 26.2 Å². The molecule has 0 radical (unpaired) electrons. The lowest BCUT2D eigenvalue weighted by Crippen LogP contribution is -2.59. The molecule has 102 valence electrons. The Kier molecular flexibility index (Phi) is 3.87. The van der Waals surface area contributed by atoms with Crippen molar-refractivity contribution in [3.63, 3.8) is 0 Å². The van der Waals surface area contributed by atoms with Gasteiger partial charge in [0.15, 0.2) is 0 Å². The summed E-state index contributed by atoms with van der Waals surface area (Å²) in [5.74, 6) is -1.24. The number of nitrogens with one attached hydrogen (secondary N) is 2. The number of hydrogen-bond donors (Lipinski definition) is 3. The lowest BCUT2D eigenvalue weighted by atomic mass is 10.0. The van der Waals surface area contributed by atoms with E-state index in [-0.39, 0.29) is 30.1 Å². The smallest absolute Gasteiger partial charge is 0.306 e. The summed E-state index contributed by atoms with van der Waals surface area (Å²) in [6, 6.07) is -0.0190. The number of hydrogen-bond acceptors (Lipinski definition) is 4. The van der Waals surface area contributed by atoms with Crippen LogP contribution in [0.3, 0.4) is 0 Å². The van der Waals surface area contributed by atoms with E-state index >= 15 is 0 Å². The predicted octanol–water partition coefficient (Wildman–Crippen LogP) is -0.266. The van der Waals surface area contributed by atoms with Crippen LogP contribution >= 0.6 is 0 Å². The van der Waals surface area contributed by atoms with Crippen molar-refractivity contribution in [1.29, 1.82) is 0 Å². The van der Waals surface area contributed by atoms with Crippen LogP contribution in [-0.4, -0.2) is 48.3 Å². The minimum Gasteiger partial charge on any atom is -0.481 e. The molecule has 1 saturated carbocycles. The first kappa shape index (κ1) is 13.3. The summed E-state index contributed by atoms with van der Waals surface area (Å²) in [4.78, 5) is 22.5. The Balaban J connectivity index is 1.67. The Morgan fingerprint density at radius 2 is 2.17 bits per heavy atom. The van der Waals surface area contributed by atoms with E-state index in [2.05, 4.69) is 10.6 Å². The number of rotatable bonds is 5. The van der Waals surface area contributed by atoms with Crippen molar-refractivity contribution in [3.05, 3.63) is 0 Å². The van der Waals surface area contributed by atoms with Crippen molar-refractivity contribution in [2.24, 2.45) is 5.92 Å². The Hall–Kier alpha value is -1.14. The van der Waals surface area contributed by atoms with Crippen LogP contribution < -0.4 is 10.6 Å². The molecule has 0 unspecified atom stereocenters. The molecule has 6 nitrogen and oxygen atoms in total. The number of carboxylic acids is 1. The van der Waals surface area contributed by atoms with Gasteiger partial charge in [0.25, 0.3) is 0 Å². The van der Waals surface area contributed by atoms with Crippen LogP contribution in [0.5, 0.6) is 0 Å². The molecule has 2 aliphatic rings. The highest BCUT2D eigenvalue weighted by molar-refractivity contribution is 5.78. The highest BCUT2D eigenvalue weighted by Crippen LogP contribution is 2.25. The Labute approximate surface area is 106 Å². The third-order valence-electron chi connectivity index (χ3n) is 3.70. The van der Waals surface area contributed by atoms with Crippen LogP contribution in [0.25, 0.3) is 0 Å². The van der Waals surface area contributed by atoms with Crippen molar-refractivity contribution >= 4 is 11.9 Å². The molecule has 3 N–H and O–H groups in total. The predicted molar refractivity (Wildman–Crippen MR) is 64.1 cm³/mol. The van der Waals surface area contributed by atoms with Gasteiger partial charge in [0.1, 0.15) is 6.61 Å². The van der Waals surface area contributed by atoms with Gasteiger partial charge >= 0.3 is 5.97 Å². The summed E-state index contributed by atoms with van der Waals surface area (Å²) < 4.78 is 5.52. The second-order valence-corrected chi connectivity index (χ2v) is 5.45. The molecule has 0 bridgehead atoms. The molecular formula is C12H20N2O4. The molecule has 1 saturated heterocycles. The van der Waals surface area contributed by atoms with E-state index in [4.69, 9.17) is 9.84 Å². The molecule has 6 heteroatoms. The van der Waals surface area contributed by atoms with Crippen LogP contribution in [0, 0.1) is 5.92 Å². The van der Waals surface area contributed by atoms with Gasteiger partial charge < -0.3 is 20.5 Å². The van der Waals surface area contributed by atoms with Gasteiger partial charge in [-0.15, -0.1) is 0 Å². The number of carbonyl (C=O) groups is 2. The lowest BCUT2D eigenvalue weighted by Gasteiger charge is -2.38. The van der Waals surface area contributed by atoms with Gasteiger partial charge in [-0.3, -0.25) is 9.59 Å². The molecule has 0 spiro atoms. The minimum atomic E-state index is -0.768. The van der Waals surface area contributed by atoms with Crippen molar-refractivity contribution < 1.29 is 19.4 Å². The van der Waals surface area contributed by atoms with Crippen molar-refractivity contribution in [1.82, 2.24) is 10.6 Å². The van der Waals surface area contributed by atoms with Crippen LogP contribution in [0.4, 0.5) is 0 Å². The van der Waals surface area contributed by atoms with E-state index in [0.717, 1.165) is 19.5 Å². The Bertz CT molecular complexity index is 341. The van der Waals surface area contributed by atoms with Crippen molar-refractivity contribution in [3.8, 4) is 0 Å². The molecule has 1 heterocycles. The second-order valence-electron chi connectivity index (χ2n) is 5.45. The molecule has 1 aliphatic carbocycles. The van der Waals surface area contributed by atoms with Crippen LogP contribution in [0.1, 0.15) is 26.2 Å². The third-order valence-corrected chi connectivity index (χ3v) is 3.70. The molecule has 0 aromatic carbocycles. The molecular weight excluding hydrogens is 236 g/mol. The molecule has 0 aromatic rings. The maximum absolute atomic E-state index is 11.7. The van der Waals surface area contributed by atoms with Crippen molar-refractivity contribution in [2.75, 3.05) is 19.7 Å². The zero-order valence-electron chi connectivity index (χ0n) is 10.6. The number of carboxylic acid groups (broad SMARTS) is 1. The molecule has 1 amide bonds. The first-order chi connectivity index (χ1) is 8.48. The third kappa shape index (κ3) is 3.20. The van der Waals surface area contributed by atoms with Crippen LogP contribution in [0.15, 0.2) is 0 Å². The quantitative estimate of drug-likeness (QED) is 0.630. The Morgan fingerprint density at radius 1 is 1.44 bits per heavy atom. The fourth-order valence-electron chi connectivity index (χ4n) is 2.43. The zero-order chi connectivity index (χ0) is 13.2. The van der Waals surface area contributed by atoms with E-state index in [9.17, 15) is 9.59 Å².